The zero-order valence-corrected chi connectivity index (χ0v) is 14.5. The van der Waals surface area contributed by atoms with Crippen molar-refractivity contribution in [2.45, 2.75) is 27.2 Å². The Morgan fingerprint density at radius 1 is 1.09 bits per heavy atom. The average molecular weight is 318 g/mol. The predicted molar refractivity (Wildman–Crippen MR) is 89.5 cm³/mol. The van der Waals surface area contributed by atoms with Crippen LogP contribution in [0, 0.1) is 5.41 Å². The van der Waals surface area contributed by atoms with Crippen molar-refractivity contribution in [3.05, 3.63) is 29.8 Å². The Kier molecular flexibility index (Phi) is 5.29. The van der Waals surface area contributed by atoms with Gasteiger partial charge < -0.3 is 14.5 Å². The molecule has 0 bridgehead atoms. The molecule has 5 heteroatoms. The van der Waals surface area contributed by atoms with Crippen LogP contribution in [0.4, 0.5) is 0 Å². The molecule has 1 aliphatic heterocycles. The van der Waals surface area contributed by atoms with Gasteiger partial charge in [0.1, 0.15) is 5.75 Å². The Balaban J connectivity index is 1.93. The summed E-state index contributed by atoms with van der Waals surface area (Å²) in [4.78, 5) is 28.5. The fourth-order valence-electron chi connectivity index (χ4n) is 2.66. The van der Waals surface area contributed by atoms with Crippen LogP contribution in [0.3, 0.4) is 0 Å². The highest BCUT2D eigenvalue weighted by molar-refractivity contribution is 5.94. The lowest BCUT2D eigenvalue weighted by molar-refractivity contribution is -0.134. The van der Waals surface area contributed by atoms with Crippen LogP contribution in [0.15, 0.2) is 24.3 Å². The molecule has 0 atom stereocenters. The lowest BCUT2D eigenvalue weighted by atomic mass is 9.91. The molecule has 23 heavy (non-hydrogen) atoms. The van der Waals surface area contributed by atoms with E-state index in [1.54, 1.807) is 24.1 Å². The van der Waals surface area contributed by atoms with Gasteiger partial charge in [0.05, 0.1) is 7.11 Å². The number of carbonyl (C=O) groups is 2. The summed E-state index contributed by atoms with van der Waals surface area (Å²) in [5, 5.41) is 0. The second-order valence-electron chi connectivity index (χ2n) is 7.14. The normalized spacial score (nSPS) is 15.5. The summed E-state index contributed by atoms with van der Waals surface area (Å²) in [5.41, 5.74) is 0.615. The molecule has 0 N–H and O–H groups in total. The molecule has 0 spiro atoms. The maximum Gasteiger partial charge on any atom is 0.254 e. The smallest absolute Gasteiger partial charge is 0.254 e. The number of carbonyl (C=O) groups excluding carboxylic acids is 2. The van der Waals surface area contributed by atoms with E-state index in [0.717, 1.165) is 0 Å². The quantitative estimate of drug-likeness (QED) is 0.860. The molecule has 1 saturated heterocycles. The zero-order valence-electron chi connectivity index (χ0n) is 14.5. The predicted octanol–water partition coefficient (Wildman–Crippen LogP) is 2.42. The fourth-order valence-corrected chi connectivity index (χ4v) is 2.66. The van der Waals surface area contributed by atoms with Crippen LogP contribution in [0.1, 0.15) is 37.6 Å². The highest BCUT2D eigenvalue weighted by Gasteiger charge is 2.27. The molecule has 126 valence electrons. The summed E-state index contributed by atoms with van der Waals surface area (Å²) in [5.74, 6) is 0.840. The van der Waals surface area contributed by atoms with Gasteiger partial charge in [0.15, 0.2) is 0 Å². The maximum absolute atomic E-state index is 12.5. The molecule has 5 nitrogen and oxygen atoms in total. The molecule has 1 aromatic carbocycles. The number of amides is 2. The van der Waals surface area contributed by atoms with Crippen molar-refractivity contribution in [3.8, 4) is 5.75 Å². The number of hydrogen-bond donors (Lipinski definition) is 0. The van der Waals surface area contributed by atoms with E-state index in [9.17, 15) is 9.59 Å². The van der Waals surface area contributed by atoms with E-state index in [2.05, 4.69) is 20.8 Å². The zero-order chi connectivity index (χ0) is 17.0. The van der Waals surface area contributed by atoms with Crippen LogP contribution in [-0.2, 0) is 4.79 Å². The lowest BCUT2D eigenvalue weighted by Gasteiger charge is -2.36. The van der Waals surface area contributed by atoms with Gasteiger partial charge in [-0.25, -0.2) is 0 Å². The number of hydrogen-bond acceptors (Lipinski definition) is 3. The molecule has 2 amide bonds. The molecule has 1 aliphatic rings. The molecule has 2 rings (SSSR count). The number of methoxy groups -OCH3 is 1. The van der Waals surface area contributed by atoms with Crippen molar-refractivity contribution in [3.63, 3.8) is 0 Å². The van der Waals surface area contributed by atoms with Gasteiger partial charge in [-0.05, 0) is 23.6 Å². The van der Waals surface area contributed by atoms with Gasteiger partial charge in [-0.3, -0.25) is 9.59 Å². The summed E-state index contributed by atoms with van der Waals surface area (Å²) in [6, 6.07) is 7.18. The van der Waals surface area contributed by atoms with Gasteiger partial charge in [-0.15, -0.1) is 0 Å². The first-order chi connectivity index (χ1) is 10.8. The molecule has 1 heterocycles. The second-order valence-corrected chi connectivity index (χ2v) is 7.14. The van der Waals surface area contributed by atoms with E-state index < -0.39 is 0 Å². The molecular formula is C18H26N2O3. The van der Waals surface area contributed by atoms with Crippen molar-refractivity contribution in [1.82, 2.24) is 9.80 Å². The van der Waals surface area contributed by atoms with E-state index >= 15 is 0 Å². The third-order valence-electron chi connectivity index (χ3n) is 3.92. The van der Waals surface area contributed by atoms with Gasteiger partial charge >= 0.3 is 0 Å². The summed E-state index contributed by atoms with van der Waals surface area (Å²) in [6.07, 6.45) is 0.539. The van der Waals surface area contributed by atoms with Crippen LogP contribution in [0.2, 0.25) is 0 Å². The van der Waals surface area contributed by atoms with Gasteiger partial charge in [-0.1, -0.05) is 26.8 Å². The minimum absolute atomic E-state index is 0.00757. The van der Waals surface area contributed by atoms with E-state index in [0.29, 0.717) is 43.9 Å². The third kappa shape index (κ3) is 4.71. The Morgan fingerprint density at radius 2 is 1.70 bits per heavy atom. The van der Waals surface area contributed by atoms with Gasteiger partial charge in [0, 0.05) is 38.2 Å². The summed E-state index contributed by atoms with van der Waals surface area (Å²) < 4.78 is 5.16. The SMILES string of the molecule is COc1cccc(C(=O)N2CCN(C(=O)CC(C)(C)C)CC2)c1. The van der Waals surface area contributed by atoms with Gasteiger partial charge in [0.25, 0.3) is 5.91 Å². The van der Waals surface area contributed by atoms with Crippen molar-refractivity contribution in [1.29, 1.82) is 0 Å². The summed E-state index contributed by atoms with van der Waals surface area (Å²) in [6.45, 7) is 8.54. The Bertz CT molecular complexity index is 570. The van der Waals surface area contributed by atoms with Crippen LogP contribution in [0.5, 0.6) is 5.75 Å². The topological polar surface area (TPSA) is 49.9 Å². The number of piperazine rings is 1. The monoisotopic (exact) mass is 318 g/mol. The maximum atomic E-state index is 12.5. The molecule has 1 aromatic rings. The fraction of sp³-hybridized carbons (Fsp3) is 0.556. The van der Waals surface area contributed by atoms with E-state index in [1.165, 1.54) is 0 Å². The highest BCUT2D eigenvalue weighted by atomic mass is 16.5. The number of benzene rings is 1. The first-order valence-corrected chi connectivity index (χ1v) is 8.01. The summed E-state index contributed by atoms with van der Waals surface area (Å²) in [7, 11) is 1.59. The van der Waals surface area contributed by atoms with Crippen LogP contribution < -0.4 is 4.74 Å². The minimum Gasteiger partial charge on any atom is -0.497 e. The molecule has 0 unspecified atom stereocenters. The number of nitrogens with zero attached hydrogens (tertiary/aromatic N) is 2. The standard InChI is InChI=1S/C18H26N2O3/c1-18(2,3)13-16(21)19-8-10-20(11-9-19)17(22)14-6-5-7-15(12-14)23-4/h5-7,12H,8-11,13H2,1-4H3. The minimum atomic E-state index is -0.00930. The van der Waals surface area contributed by atoms with Gasteiger partial charge in [0.2, 0.25) is 5.91 Å². The van der Waals surface area contributed by atoms with Crippen LogP contribution in [0.25, 0.3) is 0 Å². The lowest BCUT2D eigenvalue weighted by Crippen LogP contribution is -2.51. The number of ether oxygens (including phenoxy) is 1. The van der Waals surface area contributed by atoms with Crippen molar-refractivity contribution < 1.29 is 14.3 Å². The van der Waals surface area contributed by atoms with E-state index in [-0.39, 0.29) is 17.2 Å². The first kappa shape index (κ1) is 17.3. The van der Waals surface area contributed by atoms with Crippen LogP contribution in [-0.4, -0.2) is 54.9 Å². The van der Waals surface area contributed by atoms with Crippen LogP contribution >= 0.6 is 0 Å². The Morgan fingerprint density at radius 3 is 2.26 bits per heavy atom. The Labute approximate surface area is 138 Å². The van der Waals surface area contributed by atoms with Crippen molar-refractivity contribution >= 4 is 11.8 Å². The third-order valence-corrected chi connectivity index (χ3v) is 3.92. The molecule has 0 saturated carbocycles. The van der Waals surface area contributed by atoms with Crippen molar-refractivity contribution in [2.75, 3.05) is 33.3 Å². The molecular weight excluding hydrogens is 292 g/mol. The highest BCUT2D eigenvalue weighted by Crippen LogP contribution is 2.21. The Hall–Kier alpha value is -2.04. The van der Waals surface area contributed by atoms with Gasteiger partial charge in [-0.2, -0.15) is 0 Å². The van der Waals surface area contributed by atoms with E-state index in [1.807, 2.05) is 17.0 Å². The average Bonchev–Trinajstić information content (AvgIpc) is 2.53. The van der Waals surface area contributed by atoms with E-state index in [4.69, 9.17) is 4.74 Å². The summed E-state index contributed by atoms with van der Waals surface area (Å²) >= 11 is 0. The number of rotatable bonds is 3. The first-order valence-electron chi connectivity index (χ1n) is 8.01. The second kappa shape index (κ2) is 7.02. The molecule has 0 radical (unpaired) electrons. The molecule has 0 aliphatic carbocycles. The molecule has 1 fully saturated rings. The van der Waals surface area contributed by atoms with Crippen molar-refractivity contribution in [2.24, 2.45) is 5.41 Å². The molecule has 0 aromatic heterocycles. The largest absolute Gasteiger partial charge is 0.497 e.